The number of sulfonamides is 1. The summed E-state index contributed by atoms with van der Waals surface area (Å²) in [5, 5.41) is 5.13. The first-order valence-corrected chi connectivity index (χ1v) is 11.4. The molecule has 1 aliphatic rings. The number of thiophene rings is 1. The van der Waals surface area contributed by atoms with Crippen LogP contribution in [0.2, 0.25) is 0 Å². The Hall–Kier alpha value is -1.90. The first-order chi connectivity index (χ1) is 12.8. The molecule has 1 aliphatic heterocycles. The normalized spacial score (nSPS) is 15.0. The molecule has 0 atom stereocenters. The highest BCUT2D eigenvalue weighted by Gasteiger charge is 2.18. The number of hydrogen-bond acceptors (Lipinski definition) is 5. The zero-order chi connectivity index (χ0) is 19.4. The van der Waals surface area contributed by atoms with E-state index in [9.17, 15) is 13.2 Å². The first kappa shape index (κ1) is 19.9. The molecule has 146 valence electrons. The summed E-state index contributed by atoms with van der Waals surface area (Å²) in [4.78, 5) is 17.4. The van der Waals surface area contributed by atoms with Crippen molar-refractivity contribution in [2.75, 3.05) is 25.0 Å². The number of carbonyl (C=O) groups is 1. The van der Waals surface area contributed by atoms with Crippen molar-refractivity contribution in [2.24, 2.45) is 5.14 Å². The van der Waals surface area contributed by atoms with Gasteiger partial charge in [-0.15, -0.1) is 11.3 Å². The van der Waals surface area contributed by atoms with Crippen molar-refractivity contribution in [3.63, 3.8) is 0 Å². The van der Waals surface area contributed by atoms with Crippen LogP contribution in [-0.4, -0.2) is 39.4 Å². The number of para-hydroxylation sites is 1. The minimum Gasteiger partial charge on any atom is -0.371 e. The number of hydrogen-bond donors (Lipinski definition) is 1. The fraction of sp³-hybridized carbons (Fsp3) is 0.421. The van der Waals surface area contributed by atoms with Gasteiger partial charge in [-0.25, -0.2) is 13.6 Å². The van der Waals surface area contributed by atoms with Gasteiger partial charge in [0.05, 0.1) is 6.42 Å². The van der Waals surface area contributed by atoms with Crippen molar-refractivity contribution in [2.45, 2.75) is 36.4 Å². The maximum Gasteiger partial charge on any atom is 0.247 e. The number of nitrogens with two attached hydrogens (primary N) is 1. The van der Waals surface area contributed by atoms with Crippen LogP contribution >= 0.6 is 11.3 Å². The Morgan fingerprint density at radius 3 is 2.52 bits per heavy atom. The fourth-order valence-electron chi connectivity index (χ4n) is 3.32. The van der Waals surface area contributed by atoms with Crippen molar-refractivity contribution in [1.82, 2.24) is 4.90 Å². The van der Waals surface area contributed by atoms with Crippen molar-refractivity contribution in [3.05, 3.63) is 46.8 Å². The molecule has 1 fully saturated rings. The van der Waals surface area contributed by atoms with Crippen LogP contribution in [0.15, 0.2) is 40.6 Å². The Morgan fingerprint density at radius 1 is 1.15 bits per heavy atom. The zero-order valence-corrected chi connectivity index (χ0v) is 17.1. The molecule has 1 aromatic carbocycles. The monoisotopic (exact) mass is 407 g/mol. The van der Waals surface area contributed by atoms with E-state index in [-0.39, 0.29) is 16.5 Å². The second-order valence-corrected chi connectivity index (χ2v) is 9.83. The van der Waals surface area contributed by atoms with E-state index in [1.165, 1.54) is 31.0 Å². The summed E-state index contributed by atoms with van der Waals surface area (Å²) >= 11 is 1.05. The van der Waals surface area contributed by atoms with E-state index in [0.717, 1.165) is 30.0 Å². The van der Waals surface area contributed by atoms with Gasteiger partial charge in [-0.3, -0.25) is 4.79 Å². The topological polar surface area (TPSA) is 83.7 Å². The predicted octanol–water partition coefficient (Wildman–Crippen LogP) is 2.59. The number of nitrogens with zero attached hydrogens (tertiary/aromatic N) is 2. The number of anilines is 1. The number of likely N-dealkylation sites (N-methyl/N-ethyl adjacent to an activating group) is 1. The summed E-state index contributed by atoms with van der Waals surface area (Å²) in [5.41, 5.74) is 2.33. The molecule has 1 aromatic heterocycles. The maximum atomic E-state index is 12.6. The van der Waals surface area contributed by atoms with Crippen LogP contribution in [0.1, 0.15) is 29.7 Å². The zero-order valence-electron chi connectivity index (χ0n) is 15.4. The predicted molar refractivity (Wildman–Crippen MR) is 108 cm³/mol. The number of amides is 1. The van der Waals surface area contributed by atoms with Crippen LogP contribution in [0.25, 0.3) is 0 Å². The molecule has 1 amide bonds. The Kier molecular flexibility index (Phi) is 6.18. The Balaban J connectivity index is 1.67. The molecular formula is C19H25N3O3S2. The van der Waals surface area contributed by atoms with Gasteiger partial charge in [-0.2, -0.15) is 0 Å². The summed E-state index contributed by atoms with van der Waals surface area (Å²) in [5.74, 6) is -0.0498. The minimum atomic E-state index is -3.72. The Labute approximate surface area is 164 Å². The summed E-state index contributed by atoms with van der Waals surface area (Å²) < 4.78 is 22.9. The lowest BCUT2D eigenvalue weighted by Gasteiger charge is -2.31. The average Bonchev–Trinajstić information content (AvgIpc) is 3.12. The maximum absolute atomic E-state index is 12.6. The fourth-order valence-corrected chi connectivity index (χ4v) is 5.09. The van der Waals surface area contributed by atoms with Gasteiger partial charge in [0.2, 0.25) is 15.9 Å². The summed E-state index contributed by atoms with van der Waals surface area (Å²) in [6, 6.07) is 11.3. The molecule has 2 aromatic rings. The summed E-state index contributed by atoms with van der Waals surface area (Å²) in [6.07, 6.45) is 3.85. The van der Waals surface area contributed by atoms with E-state index >= 15 is 0 Å². The van der Waals surface area contributed by atoms with Crippen molar-refractivity contribution >= 4 is 33.0 Å². The largest absolute Gasteiger partial charge is 0.371 e. The first-order valence-electron chi connectivity index (χ1n) is 9.03. The van der Waals surface area contributed by atoms with Gasteiger partial charge in [-0.1, -0.05) is 18.2 Å². The van der Waals surface area contributed by atoms with E-state index in [4.69, 9.17) is 5.14 Å². The van der Waals surface area contributed by atoms with E-state index in [2.05, 4.69) is 17.0 Å². The van der Waals surface area contributed by atoms with Gasteiger partial charge < -0.3 is 9.80 Å². The van der Waals surface area contributed by atoms with Gasteiger partial charge in [-0.05, 0) is 43.0 Å². The minimum absolute atomic E-state index is 0.0498. The number of benzene rings is 1. The van der Waals surface area contributed by atoms with Gasteiger partial charge in [0.15, 0.2) is 0 Å². The SMILES string of the molecule is CN(Cc1ccccc1N1CCCCC1)C(=O)Cc1ccc(S(N)(=O)=O)s1. The van der Waals surface area contributed by atoms with Gasteiger partial charge >= 0.3 is 0 Å². The molecular weight excluding hydrogens is 382 g/mol. The number of carbonyl (C=O) groups excluding carboxylic acids is 1. The second kappa shape index (κ2) is 8.41. The highest BCUT2D eigenvalue weighted by atomic mass is 32.2. The molecule has 1 saturated heterocycles. The highest BCUT2D eigenvalue weighted by Crippen LogP contribution is 2.26. The van der Waals surface area contributed by atoms with Crippen LogP contribution in [0.3, 0.4) is 0 Å². The highest BCUT2D eigenvalue weighted by molar-refractivity contribution is 7.91. The molecule has 0 saturated carbocycles. The molecule has 8 heteroatoms. The molecule has 0 radical (unpaired) electrons. The lowest BCUT2D eigenvalue weighted by Crippen LogP contribution is -2.32. The van der Waals surface area contributed by atoms with Crippen molar-refractivity contribution in [1.29, 1.82) is 0 Å². The molecule has 6 nitrogen and oxygen atoms in total. The quantitative estimate of drug-likeness (QED) is 0.798. The smallest absolute Gasteiger partial charge is 0.247 e. The van der Waals surface area contributed by atoms with Crippen molar-refractivity contribution < 1.29 is 13.2 Å². The molecule has 0 spiro atoms. The molecule has 0 bridgehead atoms. The van der Waals surface area contributed by atoms with Gasteiger partial charge in [0.25, 0.3) is 0 Å². The lowest BCUT2D eigenvalue weighted by atomic mass is 10.1. The standard InChI is InChI=1S/C19H25N3O3S2/c1-21(18(23)13-16-9-10-19(26-16)27(20,24)25)14-15-7-3-4-8-17(15)22-11-5-2-6-12-22/h3-4,7-10H,2,5-6,11-14H2,1H3,(H2,20,24,25). The molecule has 2 N–H and O–H groups in total. The molecule has 27 heavy (non-hydrogen) atoms. The third-order valence-electron chi connectivity index (χ3n) is 4.76. The number of piperidine rings is 1. The second-order valence-electron chi connectivity index (χ2n) is 6.87. The molecule has 0 unspecified atom stereocenters. The molecule has 0 aliphatic carbocycles. The average molecular weight is 408 g/mol. The van der Waals surface area contributed by atoms with E-state index < -0.39 is 10.0 Å². The number of rotatable bonds is 6. The van der Waals surface area contributed by atoms with E-state index in [0.29, 0.717) is 11.4 Å². The molecule has 3 rings (SSSR count). The summed E-state index contributed by atoms with van der Waals surface area (Å²) in [7, 11) is -1.94. The summed E-state index contributed by atoms with van der Waals surface area (Å²) in [6.45, 7) is 2.64. The Morgan fingerprint density at radius 2 is 1.85 bits per heavy atom. The third-order valence-corrected chi connectivity index (χ3v) is 7.29. The van der Waals surface area contributed by atoms with Crippen LogP contribution < -0.4 is 10.0 Å². The Bertz CT molecular complexity index is 902. The van der Waals surface area contributed by atoms with Gasteiger partial charge in [0, 0.05) is 37.2 Å². The lowest BCUT2D eigenvalue weighted by molar-refractivity contribution is -0.129. The number of primary sulfonamides is 1. The van der Waals surface area contributed by atoms with Crippen molar-refractivity contribution in [3.8, 4) is 0 Å². The van der Waals surface area contributed by atoms with Crippen LogP contribution in [0.5, 0.6) is 0 Å². The van der Waals surface area contributed by atoms with Gasteiger partial charge in [0.1, 0.15) is 4.21 Å². The van der Waals surface area contributed by atoms with E-state index in [1.54, 1.807) is 18.0 Å². The van der Waals surface area contributed by atoms with E-state index in [1.807, 2.05) is 12.1 Å². The van der Waals surface area contributed by atoms with Crippen LogP contribution in [0, 0.1) is 0 Å². The van der Waals surface area contributed by atoms with Crippen LogP contribution in [0.4, 0.5) is 5.69 Å². The molecule has 2 heterocycles. The van der Waals surface area contributed by atoms with Crippen LogP contribution in [-0.2, 0) is 27.8 Å². The third kappa shape index (κ3) is 5.09.